The Morgan fingerprint density at radius 1 is 1.28 bits per heavy atom. The number of hydrogen-bond donors (Lipinski definition) is 1. The van der Waals surface area contributed by atoms with E-state index in [0.717, 1.165) is 16.7 Å². The first-order valence-electron chi connectivity index (χ1n) is 8.59. The number of nitrogens with zero attached hydrogens (tertiary/aromatic N) is 5. The minimum Gasteiger partial charge on any atom is -0.305 e. The number of amides is 1. The SMILES string of the molecule is CC(C)(C)n1c(NC(=O)Cn2cc(C3CC3)nn2)nc2ccccc21. The number of para-hydroxylation sites is 2. The molecule has 3 aromatic rings. The molecule has 1 aliphatic rings. The van der Waals surface area contributed by atoms with Crippen LogP contribution in [0.2, 0.25) is 0 Å². The third kappa shape index (κ3) is 3.14. The maximum Gasteiger partial charge on any atom is 0.248 e. The largest absolute Gasteiger partial charge is 0.305 e. The fraction of sp³-hybridized carbons (Fsp3) is 0.444. The lowest BCUT2D eigenvalue weighted by Gasteiger charge is -2.24. The summed E-state index contributed by atoms with van der Waals surface area (Å²) in [5.74, 6) is 0.927. The minimum atomic E-state index is -0.203. The highest BCUT2D eigenvalue weighted by atomic mass is 16.2. The van der Waals surface area contributed by atoms with Crippen LogP contribution < -0.4 is 5.32 Å². The first kappa shape index (κ1) is 15.8. The lowest BCUT2D eigenvalue weighted by Crippen LogP contribution is -2.27. The Hall–Kier alpha value is -2.70. The smallest absolute Gasteiger partial charge is 0.248 e. The lowest BCUT2D eigenvalue weighted by molar-refractivity contribution is -0.117. The molecule has 0 unspecified atom stereocenters. The van der Waals surface area contributed by atoms with E-state index >= 15 is 0 Å². The number of nitrogens with one attached hydrogen (secondary N) is 1. The van der Waals surface area contributed by atoms with E-state index in [-0.39, 0.29) is 18.0 Å². The number of hydrogen-bond acceptors (Lipinski definition) is 4. The Balaban J connectivity index is 1.57. The van der Waals surface area contributed by atoms with Gasteiger partial charge in [-0.05, 0) is 45.7 Å². The quantitative estimate of drug-likeness (QED) is 0.793. The Labute approximate surface area is 146 Å². The molecule has 1 aromatic carbocycles. The highest BCUT2D eigenvalue weighted by Gasteiger charge is 2.27. The topological polar surface area (TPSA) is 77.6 Å². The van der Waals surface area contributed by atoms with E-state index < -0.39 is 0 Å². The Morgan fingerprint density at radius 3 is 2.76 bits per heavy atom. The van der Waals surface area contributed by atoms with E-state index in [0.29, 0.717) is 11.9 Å². The monoisotopic (exact) mass is 338 g/mol. The molecule has 2 aromatic heterocycles. The van der Waals surface area contributed by atoms with Crippen LogP contribution in [0.4, 0.5) is 5.95 Å². The van der Waals surface area contributed by atoms with Crippen molar-refractivity contribution < 1.29 is 4.79 Å². The van der Waals surface area contributed by atoms with Crippen molar-refractivity contribution in [2.24, 2.45) is 0 Å². The van der Waals surface area contributed by atoms with Gasteiger partial charge in [-0.15, -0.1) is 5.10 Å². The normalized spacial score (nSPS) is 14.8. The molecule has 1 aliphatic carbocycles. The van der Waals surface area contributed by atoms with Gasteiger partial charge in [-0.2, -0.15) is 0 Å². The minimum absolute atomic E-state index is 0.132. The van der Waals surface area contributed by atoms with Crippen LogP contribution in [0.1, 0.15) is 45.2 Å². The number of imidazole rings is 1. The summed E-state index contributed by atoms with van der Waals surface area (Å²) in [5, 5.41) is 11.1. The molecule has 0 aliphatic heterocycles. The van der Waals surface area contributed by atoms with Gasteiger partial charge in [0, 0.05) is 17.7 Å². The summed E-state index contributed by atoms with van der Waals surface area (Å²) < 4.78 is 3.64. The summed E-state index contributed by atoms with van der Waals surface area (Å²) in [6.45, 7) is 6.41. The third-order valence-corrected chi connectivity index (χ3v) is 4.34. The fourth-order valence-corrected chi connectivity index (χ4v) is 3.06. The molecule has 7 heteroatoms. The fourth-order valence-electron chi connectivity index (χ4n) is 3.06. The van der Waals surface area contributed by atoms with Crippen molar-refractivity contribution in [1.29, 1.82) is 0 Å². The van der Waals surface area contributed by atoms with Crippen LogP contribution in [0.3, 0.4) is 0 Å². The molecule has 1 fully saturated rings. The lowest BCUT2D eigenvalue weighted by atomic mass is 10.1. The molecule has 0 saturated heterocycles. The Morgan fingerprint density at radius 2 is 2.04 bits per heavy atom. The highest BCUT2D eigenvalue weighted by molar-refractivity contribution is 5.91. The highest BCUT2D eigenvalue weighted by Crippen LogP contribution is 2.38. The zero-order valence-electron chi connectivity index (χ0n) is 14.7. The molecule has 1 N–H and O–H groups in total. The summed E-state index contributed by atoms with van der Waals surface area (Å²) in [6, 6.07) is 7.89. The second-order valence-corrected chi connectivity index (χ2v) is 7.59. The number of aromatic nitrogens is 5. The average molecular weight is 338 g/mol. The van der Waals surface area contributed by atoms with Gasteiger partial charge in [0.25, 0.3) is 0 Å². The van der Waals surface area contributed by atoms with Crippen molar-refractivity contribution >= 4 is 22.9 Å². The first-order valence-corrected chi connectivity index (χ1v) is 8.59. The molecule has 2 heterocycles. The maximum absolute atomic E-state index is 12.5. The summed E-state index contributed by atoms with van der Waals surface area (Å²) in [4.78, 5) is 17.1. The first-order chi connectivity index (χ1) is 11.9. The summed E-state index contributed by atoms with van der Waals surface area (Å²) in [5.41, 5.74) is 2.65. The average Bonchev–Trinajstić information content (AvgIpc) is 3.16. The van der Waals surface area contributed by atoms with Gasteiger partial charge in [-0.1, -0.05) is 17.3 Å². The number of fused-ring (bicyclic) bond motifs is 1. The van der Waals surface area contributed by atoms with Crippen LogP contribution >= 0.6 is 0 Å². The summed E-state index contributed by atoms with van der Waals surface area (Å²) >= 11 is 0. The maximum atomic E-state index is 12.5. The molecular weight excluding hydrogens is 316 g/mol. The van der Waals surface area contributed by atoms with Gasteiger partial charge in [0.15, 0.2) is 0 Å². The number of benzene rings is 1. The van der Waals surface area contributed by atoms with Gasteiger partial charge < -0.3 is 4.57 Å². The van der Waals surface area contributed by atoms with E-state index in [2.05, 4.69) is 46.0 Å². The Bertz CT molecular complexity index is 929. The van der Waals surface area contributed by atoms with E-state index in [1.54, 1.807) is 4.68 Å². The molecule has 1 saturated carbocycles. The zero-order valence-corrected chi connectivity index (χ0v) is 14.7. The number of rotatable bonds is 4. The van der Waals surface area contributed by atoms with Crippen LogP contribution in [0.15, 0.2) is 30.5 Å². The predicted octanol–water partition coefficient (Wildman–Crippen LogP) is 2.90. The van der Waals surface area contributed by atoms with Crippen LogP contribution in [0.25, 0.3) is 11.0 Å². The van der Waals surface area contributed by atoms with Crippen LogP contribution in [0.5, 0.6) is 0 Å². The van der Waals surface area contributed by atoms with Crippen molar-refractivity contribution in [2.45, 2.75) is 51.6 Å². The van der Waals surface area contributed by atoms with Crippen molar-refractivity contribution in [3.05, 3.63) is 36.2 Å². The van der Waals surface area contributed by atoms with Crippen molar-refractivity contribution in [3.63, 3.8) is 0 Å². The number of carbonyl (C=O) groups is 1. The molecule has 0 atom stereocenters. The van der Waals surface area contributed by atoms with Gasteiger partial charge >= 0.3 is 0 Å². The molecule has 7 nitrogen and oxygen atoms in total. The second kappa shape index (κ2) is 5.68. The predicted molar refractivity (Wildman–Crippen MR) is 95.4 cm³/mol. The van der Waals surface area contributed by atoms with E-state index in [9.17, 15) is 4.79 Å². The van der Waals surface area contributed by atoms with Crippen molar-refractivity contribution in [3.8, 4) is 0 Å². The molecular formula is C18H22N6O. The van der Waals surface area contributed by atoms with Crippen molar-refractivity contribution in [2.75, 3.05) is 5.32 Å². The second-order valence-electron chi connectivity index (χ2n) is 7.59. The Kier molecular flexibility index (Phi) is 3.59. The van der Waals surface area contributed by atoms with Gasteiger partial charge in [-0.25, -0.2) is 9.67 Å². The summed E-state index contributed by atoms with van der Waals surface area (Å²) in [6.07, 6.45) is 4.20. The molecule has 25 heavy (non-hydrogen) atoms. The van der Waals surface area contributed by atoms with Crippen LogP contribution in [-0.2, 0) is 16.9 Å². The number of carbonyl (C=O) groups excluding carboxylic acids is 1. The van der Waals surface area contributed by atoms with Crippen LogP contribution in [0, 0.1) is 0 Å². The van der Waals surface area contributed by atoms with E-state index in [1.807, 2.05) is 30.5 Å². The zero-order chi connectivity index (χ0) is 17.6. The molecule has 0 spiro atoms. The van der Waals surface area contributed by atoms with Gasteiger partial charge in [0.1, 0.15) is 6.54 Å². The van der Waals surface area contributed by atoms with Crippen LogP contribution in [-0.4, -0.2) is 30.5 Å². The standard InChI is InChI=1S/C18H22N6O/c1-18(2,3)24-15-7-5-4-6-13(15)19-17(24)20-16(25)11-23-10-14(21-22-23)12-8-9-12/h4-7,10,12H,8-9,11H2,1-3H3,(H,19,20,25). The molecule has 0 bridgehead atoms. The third-order valence-electron chi connectivity index (χ3n) is 4.34. The summed E-state index contributed by atoms with van der Waals surface area (Å²) in [7, 11) is 0. The molecule has 1 amide bonds. The molecule has 0 radical (unpaired) electrons. The van der Waals surface area contributed by atoms with Gasteiger partial charge in [0.2, 0.25) is 11.9 Å². The van der Waals surface area contributed by atoms with Gasteiger partial charge in [0.05, 0.1) is 16.7 Å². The number of anilines is 1. The van der Waals surface area contributed by atoms with Crippen molar-refractivity contribution in [1.82, 2.24) is 24.5 Å². The van der Waals surface area contributed by atoms with E-state index in [4.69, 9.17) is 0 Å². The molecule has 4 rings (SSSR count). The van der Waals surface area contributed by atoms with E-state index in [1.165, 1.54) is 12.8 Å². The molecule has 130 valence electrons. The van der Waals surface area contributed by atoms with Gasteiger partial charge in [-0.3, -0.25) is 10.1 Å².